The van der Waals surface area contributed by atoms with E-state index in [-0.39, 0.29) is 23.7 Å². The van der Waals surface area contributed by atoms with Crippen molar-refractivity contribution < 1.29 is 14.3 Å². The summed E-state index contributed by atoms with van der Waals surface area (Å²) in [6.07, 6.45) is 6.99. The molecule has 154 valence electrons. The van der Waals surface area contributed by atoms with Gasteiger partial charge in [0.1, 0.15) is 5.69 Å². The molecule has 1 amide bonds. The summed E-state index contributed by atoms with van der Waals surface area (Å²) in [7, 11) is 0. The second-order valence-corrected chi connectivity index (χ2v) is 8.32. The summed E-state index contributed by atoms with van der Waals surface area (Å²) in [5, 5.41) is 2.97. The van der Waals surface area contributed by atoms with Crippen LogP contribution in [0, 0.1) is 12.3 Å². The van der Waals surface area contributed by atoms with Crippen molar-refractivity contribution in [3.05, 3.63) is 53.1 Å². The van der Waals surface area contributed by atoms with E-state index >= 15 is 0 Å². The standard InChI is InChI=1S/C23H29N3O3/c1-5-29-20(27)13-17-6-7-18(26-22(28)19-12-15(2)14-24-19)21(25-17)16-8-10-23(3,4)11-9-16/h6-8,12,14,24H,5,9-11,13H2,1-4H3,(H,26,28). The van der Waals surface area contributed by atoms with Crippen LogP contribution in [0.4, 0.5) is 5.69 Å². The molecule has 1 aliphatic carbocycles. The first-order valence-corrected chi connectivity index (χ1v) is 10.1. The van der Waals surface area contributed by atoms with E-state index in [9.17, 15) is 9.59 Å². The molecule has 0 aromatic carbocycles. The number of nitrogens with zero attached hydrogens (tertiary/aromatic N) is 1. The number of aromatic amines is 1. The summed E-state index contributed by atoms with van der Waals surface area (Å²) in [5.41, 5.74) is 4.89. The van der Waals surface area contributed by atoms with Gasteiger partial charge in [0.05, 0.1) is 30.1 Å². The van der Waals surface area contributed by atoms with E-state index in [0.717, 1.165) is 36.1 Å². The van der Waals surface area contributed by atoms with E-state index in [1.54, 1.807) is 25.3 Å². The van der Waals surface area contributed by atoms with Crippen LogP contribution >= 0.6 is 0 Å². The predicted molar refractivity (Wildman–Crippen MR) is 114 cm³/mol. The number of aryl methyl sites for hydroxylation is 1. The molecule has 2 aromatic rings. The van der Waals surface area contributed by atoms with Crippen molar-refractivity contribution in [2.45, 2.75) is 53.4 Å². The van der Waals surface area contributed by atoms with E-state index in [2.05, 4.69) is 30.2 Å². The zero-order valence-corrected chi connectivity index (χ0v) is 17.6. The van der Waals surface area contributed by atoms with Crippen molar-refractivity contribution in [1.29, 1.82) is 0 Å². The molecule has 0 fully saturated rings. The average molecular weight is 396 g/mol. The zero-order chi connectivity index (χ0) is 21.0. The predicted octanol–water partition coefficient (Wildman–Crippen LogP) is 4.67. The number of carbonyl (C=O) groups is 2. The Bertz CT molecular complexity index is 941. The normalized spacial score (nSPS) is 15.5. The van der Waals surface area contributed by atoms with Gasteiger partial charge in [-0.3, -0.25) is 14.6 Å². The maximum absolute atomic E-state index is 12.6. The monoisotopic (exact) mass is 395 g/mol. The first kappa shape index (κ1) is 20.8. The summed E-state index contributed by atoms with van der Waals surface area (Å²) in [6, 6.07) is 5.40. The lowest BCUT2D eigenvalue weighted by atomic mass is 9.77. The Morgan fingerprint density at radius 2 is 2.10 bits per heavy atom. The van der Waals surface area contributed by atoms with Crippen LogP contribution in [0.5, 0.6) is 0 Å². The molecule has 0 spiro atoms. The third-order valence-electron chi connectivity index (χ3n) is 5.18. The highest BCUT2D eigenvalue weighted by Crippen LogP contribution is 2.39. The number of ether oxygens (including phenoxy) is 1. The smallest absolute Gasteiger partial charge is 0.311 e. The molecule has 1 aliphatic rings. The van der Waals surface area contributed by atoms with Gasteiger partial charge in [-0.2, -0.15) is 0 Å². The highest BCUT2D eigenvalue weighted by atomic mass is 16.5. The summed E-state index contributed by atoms with van der Waals surface area (Å²) >= 11 is 0. The number of rotatable bonds is 6. The number of aromatic nitrogens is 2. The number of nitrogens with one attached hydrogen (secondary N) is 2. The number of H-pyrrole nitrogens is 1. The van der Waals surface area contributed by atoms with Crippen LogP contribution in [0.2, 0.25) is 0 Å². The topological polar surface area (TPSA) is 84.1 Å². The van der Waals surface area contributed by atoms with Crippen LogP contribution in [-0.2, 0) is 16.0 Å². The van der Waals surface area contributed by atoms with Gasteiger partial charge in [0.15, 0.2) is 0 Å². The van der Waals surface area contributed by atoms with Crippen molar-refractivity contribution in [2.24, 2.45) is 5.41 Å². The molecule has 29 heavy (non-hydrogen) atoms. The van der Waals surface area contributed by atoms with Gasteiger partial charge in [0, 0.05) is 6.20 Å². The van der Waals surface area contributed by atoms with Gasteiger partial charge in [-0.15, -0.1) is 0 Å². The first-order valence-electron chi connectivity index (χ1n) is 10.1. The second kappa shape index (κ2) is 8.64. The molecule has 0 unspecified atom stereocenters. The third kappa shape index (κ3) is 5.34. The van der Waals surface area contributed by atoms with Crippen LogP contribution < -0.4 is 5.32 Å². The van der Waals surface area contributed by atoms with Crippen LogP contribution in [-0.4, -0.2) is 28.5 Å². The maximum atomic E-state index is 12.6. The van der Waals surface area contributed by atoms with Crippen molar-refractivity contribution in [2.75, 3.05) is 11.9 Å². The van der Waals surface area contributed by atoms with E-state index < -0.39 is 0 Å². The summed E-state index contributed by atoms with van der Waals surface area (Å²) in [4.78, 5) is 32.2. The molecule has 0 bridgehead atoms. The van der Waals surface area contributed by atoms with E-state index in [4.69, 9.17) is 9.72 Å². The Kier molecular flexibility index (Phi) is 6.20. The van der Waals surface area contributed by atoms with Gasteiger partial charge in [-0.25, -0.2) is 0 Å². The number of carbonyl (C=O) groups excluding carboxylic acids is 2. The van der Waals surface area contributed by atoms with Crippen LogP contribution in [0.3, 0.4) is 0 Å². The molecule has 6 heteroatoms. The lowest BCUT2D eigenvalue weighted by Gasteiger charge is -2.29. The van der Waals surface area contributed by atoms with E-state index in [0.29, 0.717) is 23.7 Å². The summed E-state index contributed by atoms with van der Waals surface area (Å²) < 4.78 is 5.05. The molecule has 0 saturated heterocycles. The first-order chi connectivity index (χ1) is 13.8. The molecule has 3 rings (SSSR count). The lowest BCUT2D eigenvalue weighted by molar-refractivity contribution is -0.142. The highest BCUT2D eigenvalue weighted by Gasteiger charge is 2.24. The molecule has 0 atom stereocenters. The quantitative estimate of drug-likeness (QED) is 0.696. The zero-order valence-electron chi connectivity index (χ0n) is 17.6. The molecule has 0 aliphatic heterocycles. The van der Waals surface area contributed by atoms with Crippen LogP contribution in [0.15, 0.2) is 30.5 Å². The Morgan fingerprint density at radius 1 is 1.31 bits per heavy atom. The van der Waals surface area contributed by atoms with Crippen molar-refractivity contribution in [1.82, 2.24) is 9.97 Å². The minimum Gasteiger partial charge on any atom is -0.466 e. The molecular formula is C23H29N3O3. The largest absolute Gasteiger partial charge is 0.466 e. The number of allylic oxidation sites excluding steroid dienone is 2. The highest BCUT2D eigenvalue weighted by molar-refractivity contribution is 6.04. The Hall–Kier alpha value is -2.89. The fourth-order valence-corrected chi connectivity index (χ4v) is 3.42. The Labute approximate surface area is 171 Å². The molecule has 2 N–H and O–H groups in total. The fourth-order valence-electron chi connectivity index (χ4n) is 3.42. The molecule has 0 radical (unpaired) electrons. The number of pyridine rings is 1. The number of hydrogen-bond donors (Lipinski definition) is 2. The average Bonchev–Trinajstić information content (AvgIpc) is 3.10. The van der Waals surface area contributed by atoms with Crippen molar-refractivity contribution >= 4 is 23.1 Å². The minimum atomic E-state index is -0.302. The van der Waals surface area contributed by atoms with Crippen molar-refractivity contribution in [3.8, 4) is 0 Å². The van der Waals surface area contributed by atoms with Gasteiger partial charge in [0.25, 0.3) is 5.91 Å². The van der Waals surface area contributed by atoms with Crippen molar-refractivity contribution in [3.63, 3.8) is 0 Å². The molecule has 6 nitrogen and oxygen atoms in total. The number of amides is 1. The van der Waals surface area contributed by atoms with Gasteiger partial charge in [0.2, 0.25) is 0 Å². The molecular weight excluding hydrogens is 366 g/mol. The van der Waals surface area contributed by atoms with Crippen LogP contribution in [0.1, 0.15) is 67.5 Å². The number of anilines is 1. The Balaban J connectivity index is 1.91. The minimum absolute atomic E-state index is 0.115. The van der Waals surface area contributed by atoms with Gasteiger partial charge >= 0.3 is 5.97 Å². The van der Waals surface area contributed by atoms with Gasteiger partial charge < -0.3 is 15.0 Å². The summed E-state index contributed by atoms with van der Waals surface area (Å²) in [5.74, 6) is -0.514. The van der Waals surface area contributed by atoms with Gasteiger partial charge in [-0.05, 0) is 67.9 Å². The fraction of sp³-hybridized carbons (Fsp3) is 0.435. The number of hydrogen-bond acceptors (Lipinski definition) is 4. The second-order valence-electron chi connectivity index (χ2n) is 8.32. The Morgan fingerprint density at radius 3 is 2.72 bits per heavy atom. The van der Waals surface area contributed by atoms with Crippen LogP contribution in [0.25, 0.3) is 5.57 Å². The number of esters is 1. The van der Waals surface area contributed by atoms with E-state index in [1.165, 1.54) is 0 Å². The van der Waals surface area contributed by atoms with Gasteiger partial charge in [-0.1, -0.05) is 19.9 Å². The summed E-state index contributed by atoms with van der Waals surface area (Å²) in [6.45, 7) is 8.56. The molecule has 2 aromatic heterocycles. The SMILES string of the molecule is CCOC(=O)Cc1ccc(NC(=O)c2cc(C)c[nH]2)c(C2=CCC(C)(C)CC2)n1. The third-order valence-corrected chi connectivity index (χ3v) is 5.18. The van der Waals surface area contributed by atoms with E-state index in [1.807, 2.05) is 13.0 Å². The molecule has 2 heterocycles. The lowest BCUT2D eigenvalue weighted by Crippen LogP contribution is -2.18. The maximum Gasteiger partial charge on any atom is 0.311 e. The molecule has 0 saturated carbocycles.